The van der Waals surface area contributed by atoms with Gasteiger partial charge in [-0.05, 0) is 0 Å². The van der Waals surface area contributed by atoms with Gasteiger partial charge in [0.1, 0.15) is 15.9 Å². The summed E-state index contributed by atoms with van der Waals surface area (Å²) in [5.74, 6) is -2.28. The van der Waals surface area contributed by atoms with Crippen molar-refractivity contribution in [1.82, 2.24) is 15.3 Å². The maximum Gasteiger partial charge on any atom is 0.573 e. The summed E-state index contributed by atoms with van der Waals surface area (Å²) in [5, 5.41) is 4.51. The number of urea groups is 1. The number of anilines is 3. The van der Waals surface area contributed by atoms with E-state index >= 15 is 0 Å². The fourth-order valence-corrected chi connectivity index (χ4v) is 4.76. The molecule has 2 N–H and O–H groups in total. The van der Waals surface area contributed by atoms with Crippen LogP contribution in [0.3, 0.4) is 0 Å². The minimum Gasteiger partial charge on any atom is -0.404 e. The summed E-state index contributed by atoms with van der Waals surface area (Å²) >= 11 is 12.2. The van der Waals surface area contributed by atoms with Crippen molar-refractivity contribution in [2.24, 2.45) is 0 Å². The molecule has 1 fully saturated rings. The second-order valence-corrected chi connectivity index (χ2v) is 9.57. The predicted octanol–water partition coefficient (Wildman–Crippen LogP) is 5.09. The Labute approximate surface area is 244 Å². The maximum atomic E-state index is 13.3. The number of ether oxygens (including phenoxy) is 4. The molecule has 3 heterocycles. The molecule has 2 atom stereocenters. The first-order valence-electron chi connectivity index (χ1n) is 11.9. The molecule has 0 radical (unpaired) electrons. The average molecular weight is 647 g/mol. The van der Waals surface area contributed by atoms with E-state index in [2.05, 4.69) is 36.7 Å². The van der Waals surface area contributed by atoms with E-state index in [4.69, 9.17) is 32.7 Å². The fourth-order valence-electron chi connectivity index (χ4n) is 4.14. The summed E-state index contributed by atoms with van der Waals surface area (Å²) in [6.45, 7) is 4.45. The molecule has 1 aromatic heterocycles. The Morgan fingerprint density at radius 3 is 2.33 bits per heavy atom. The highest BCUT2D eigenvalue weighted by molar-refractivity contribution is 6.42. The molecule has 0 saturated carbocycles. The van der Waals surface area contributed by atoms with E-state index in [-0.39, 0.29) is 42.2 Å². The van der Waals surface area contributed by atoms with Gasteiger partial charge in [0.05, 0.1) is 50.9 Å². The standard InChI is InChI=1S/C23H22Cl2F6N6O5/c1-3-4-39-10-33-12-8-40-9-13(12)34-20-32-6-11-7-37(21(38)36(2)19(11)35-20)18-16(24)14(41-22(26,27)28)5-15(17(18)25)42-23(29,30)31/h3,5-6,12-13,33H,1,4,7-10H2,2H3,(H,32,34,35). The summed E-state index contributed by atoms with van der Waals surface area (Å²) in [6.07, 6.45) is -7.74. The molecule has 2 aliphatic heterocycles. The van der Waals surface area contributed by atoms with Gasteiger partial charge in [-0.2, -0.15) is 4.98 Å². The summed E-state index contributed by atoms with van der Waals surface area (Å²) in [4.78, 5) is 23.7. The number of carbonyl (C=O) groups excluding carboxylic acids is 1. The molecule has 1 aromatic carbocycles. The van der Waals surface area contributed by atoms with Gasteiger partial charge in [-0.3, -0.25) is 15.1 Å². The molecule has 2 unspecified atom stereocenters. The predicted molar refractivity (Wildman–Crippen MR) is 138 cm³/mol. The first-order valence-corrected chi connectivity index (χ1v) is 12.6. The van der Waals surface area contributed by atoms with E-state index in [0.29, 0.717) is 19.8 Å². The monoisotopic (exact) mass is 646 g/mol. The number of alkyl halides is 6. The first kappa shape index (κ1) is 31.7. The SMILES string of the molecule is C=CCOCNC1COCC1Nc1ncc2c(n1)N(C)C(=O)N(c1c(Cl)c(OC(F)(F)F)cc(OC(F)(F)F)c1Cl)C2. The fraction of sp³-hybridized carbons (Fsp3) is 0.435. The van der Waals surface area contributed by atoms with Crippen LogP contribution in [0, 0.1) is 0 Å². The van der Waals surface area contributed by atoms with E-state index in [1.165, 1.54) is 13.2 Å². The van der Waals surface area contributed by atoms with Gasteiger partial charge in [0, 0.05) is 24.9 Å². The van der Waals surface area contributed by atoms with Crippen LogP contribution < -0.4 is 29.9 Å². The molecule has 0 aliphatic carbocycles. The second-order valence-electron chi connectivity index (χ2n) is 8.82. The molecule has 2 aromatic rings. The molecule has 0 spiro atoms. The van der Waals surface area contributed by atoms with Crippen LogP contribution in [-0.2, 0) is 16.0 Å². The van der Waals surface area contributed by atoms with Crippen molar-refractivity contribution in [2.45, 2.75) is 31.4 Å². The van der Waals surface area contributed by atoms with Crippen molar-refractivity contribution in [1.29, 1.82) is 0 Å². The molecule has 19 heteroatoms. The van der Waals surface area contributed by atoms with Gasteiger partial charge in [-0.25, -0.2) is 9.78 Å². The number of fused-ring (bicyclic) bond motifs is 1. The van der Waals surface area contributed by atoms with E-state index < -0.39 is 52.5 Å². The van der Waals surface area contributed by atoms with Gasteiger partial charge in [0.2, 0.25) is 5.95 Å². The van der Waals surface area contributed by atoms with E-state index in [1.807, 2.05) is 0 Å². The molecule has 2 aliphatic rings. The minimum atomic E-state index is -5.34. The van der Waals surface area contributed by atoms with Gasteiger partial charge in [0.15, 0.2) is 11.5 Å². The van der Waals surface area contributed by atoms with E-state index in [1.54, 1.807) is 6.08 Å². The largest absolute Gasteiger partial charge is 0.573 e. The maximum absolute atomic E-state index is 13.3. The van der Waals surface area contributed by atoms with E-state index in [0.717, 1.165) is 9.80 Å². The van der Waals surface area contributed by atoms with Crippen LogP contribution in [-0.4, -0.2) is 74.4 Å². The normalized spacial score (nSPS) is 19.1. The van der Waals surface area contributed by atoms with Crippen LogP contribution in [0.25, 0.3) is 0 Å². The lowest BCUT2D eigenvalue weighted by atomic mass is 10.1. The lowest BCUT2D eigenvalue weighted by Crippen LogP contribution is -2.47. The molecule has 0 bridgehead atoms. The Balaban J connectivity index is 1.62. The number of halogens is 8. The zero-order valence-electron chi connectivity index (χ0n) is 21.5. The summed E-state index contributed by atoms with van der Waals surface area (Å²) < 4.78 is 96.3. The summed E-state index contributed by atoms with van der Waals surface area (Å²) in [5.41, 5.74) is -0.440. The second kappa shape index (κ2) is 12.5. The first-order chi connectivity index (χ1) is 19.7. The molecule has 2 amide bonds. The number of hydrogen-bond donors (Lipinski definition) is 2. The highest BCUT2D eigenvalue weighted by Gasteiger charge is 2.40. The Bertz CT molecular complexity index is 1290. The Hall–Kier alpha value is -3.25. The van der Waals surface area contributed by atoms with Crippen LogP contribution in [0.2, 0.25) is 10.0 Å². The molecule has 11 nitrogen and oxygen atoms in total. The number of amides is 2. The van der Waals surface area contributed by atoms with Gasteiger partial charge >= 0.3 is 18.8 Å². The highest BCUT2D eigenvalue weighted by Crippen LogP contribution is 2.50. The molecule has 4 rings (SSSR count). The van der Waals surface area contributed by atoms with Crippen molar-refractivity contribution in [2.75, 3.05) is 48.7 Å². The van der Waals surface area contributed by atoms with Crippen LogP contribution in [0.15, 0.2) is 24.9 Å². The number of aromatic nitrogens is 2. The van der Waals surface area contributed by atoms with Crippen molar-refractivity contribution < 1.29 is 50.1 Å². The molecular formula is C23H22Cl2F6N6O5. The Morgan fingerprint density at radius 2 is 1.74 bits per heavy atom. The number of hydrogen-bond acceptors (Lipinski definition) is 9. The molecule has 1 saturated heterocycles. The van der Waals surface area contributed by atoms with E-state index in [9.17, 15) is 31.1 Å². The number of nitrogens with one attached hydrogen (secondary N) is 2. The Morgan fingerprint density at radius 1 is 1.12 bits per heavy atom. The molecule has 42 heavy (non-hydrogen) atoms. The smallest absolute Gasteiger partial charge is 0.404 e. The van der Waals surface area contributed by atoms with Gasteiger partial charge < -0.3 is 24.3 Å². The van der Waals surface area contributed by atoms with Crippen LogP contribution in [0.5, 0.6) is 11.5 Å². The number of benzene rings is 1. The third-order valence-electron chi connectivity index (χ3n) is 5.92. The van der Waals surface area contributed by atoms with Crippen molar-refractivity contribution in [3.63, 3.8) is 0 Å². The molecular weight excluding hydrogens is 625 g/mol. The highest BCUT2D eigenvalue weighted by atomic mass is 35.5. The van der Waals surface area contributed by atoms with Gasteiger partial charge in [-0.15, -0.1) is 32.9 Å². The van der Waals surface area contributed by atoms with Crippen molar-refractivity contribution in [3.8, 4) is 11.5 Å². The van der Waals surface area contributed by atoms with Crippen molar-refractivity contribution in [3.05, 3.63) is 40.5 Å². The average Bonchev–Trinajstić information content (AvgIpc) is 3.33. The lowest BCUT2D eigenvalue weighted by Gasteiger charge is -2.35. The van der Waals surface area contributed by atoms with Crippen LogP contribution in [0.4, 0.5) is 48.6 Å². The minimum absolute atomic E-state index is 0.119. The van der Waals surface area contributed by atoms with Crippen LogP contribution in [0.1, 0.15) is 5.56 Å². The lowest BCUT2D eigenvalue weighted by molar-refractivity contribution is -0.276. The topological polar surface area (TPSA) is 110 Å². The van der Waals surface area contributed by atoms with Gasteiger partial charge in [-0.1, -0.05) is 29.3 Å². The van der Waals surface area contributed by atoms with Crippen molar-refractivity contribution >= 4 is 46.7 Å². The number of rotatable bonds is 10. The quantitative estimate of drug-likeness (QED) is 0.158. The van der Waals surface area contributed by atoms with Crippen LogP contribution >= 0.6 is 23.2 Å². The molecule has 230 valence electrons. The zero-order valence-corrected chi connectivity index (χ0v) is 23.0. The third-order valence-corrected chi connectivity index (χ3v) is 6.65. The number of nitrogens with zero attached hydrogens (tertiary/aromatic N) is 4. The van der Waals surface area contributed by atoms with Gasteiger partial charge in [0.25, 0.3) is 0 Å². The zero-order chi connectivity index (χ0) is 30.8. The third kappa shape index (κ3) is 7.38. The summed E-state index contributed by atoms with van der Waals surface area (Å²) in [7, 11) is 1.29. The number of carbonyl (C=O) groups is 1. The summed E-state index contributed by atoms with van der Waals surface area (Å²) in [6, 6.07) is -1.13. The Kier molecular flexibility index (Phi) is 9.46.